The van der Waals surface area contributed by atoms with Gasteiger partial charge in [-0.3, -0.25) is 0 Å². The van der Waals surface area contributed by atoms with E-state index in [0.717, 1.165) is 134 Å². The van der Waals surface area contributed by atoms with Crippen molar-refractivity contribution < 1.29 is 6.85 Å². The first-order valence-corrected chi connectivity index (χ1v) is 42.1. The number of rotatable bonds is 15. The molecular formula is C113H96BN5. The zero-order chi connectivity index (χ0) is 84.9. The molecule has 0 fully saturated rings. The van der Waals surface area contributed by atoms with Crippen LogP contribution in [-0.4, -0.2) is 20.4 Å². The lowest BCUT2D eigenvalue weighted by atomic mass is 9.33. The van der Waals surface area contributed by atoms with Gasteiger partial charge in [0.2, 0.25) is 0 Å². The highest BCUT2D eigenvalue weighted by atomic mass is 15.2. The van der Waals surface area contributed by atoms with Gasteiger partial charge in [0, 0.05) is 97.1 Å². The van der Waals surface area contributed by atoms with E-state index in [1.165, 1.54) is 65.5 Å². The number of nitrogens with zero attached hydrogens (tertiary/aromatic N) is 5. The molecule has 5 heterocycles. The number of para-hydroxylation sites is 3. The maximum absolute atomic E-state index is 9.24. The van der Waals surface area contributed by atoms with E-state index < -0.39 is 0 Å². The average Bonchev–Trinajstić information content (AvgIpc) is 0.896. The largest absolute Gasteiger partial charge is 0.338 e. The summed E-state index contributed by atoms with van der Waals surface area (Å²) < 4.78 is 52.3. The minimum Gasteiger partial charge on any atom is -0.338 e. The molecule has 576 valence electrons. The van der Waals surface area contributed by atoms with Gasteiger partial charge in [0.15, 0.2) is 0 Å². The average molecular weight is 1540 g/mol. The SMILES string of the molecule is [2H]c1c([2H])c([2H])c(CCc2ccc3c(c2)N(Cc2c(-c4ccccc4)cc(C(C)(C)C)cc2-c2ccccc2)c2cc(Cn4c5ccccc5c5cc(-n6c7ccccc7c7ccccc76)ccc54)cc4c2B3c2ccc(-n3c5ccc(C(C)(C)C)cc5c5cc(C(C)(C)C)ccc53)cc2N4Cc2cc(-c3ccccc3)cc(-c3ccccc3)c2)c([2H])c1[2H]. The van der Waals surface area contributed by atoms with Crippen molar-refractivity contribution in [2.75, 3.05) is 9.80 Å². The number of benzene rings is 16. The van der Waals surface area contributed by atoms with Gasteiger partial charge in [-0.05, 0) is 244 Å². The van der Waals surface area contributed by atoms with E-state index in [-0.39, 0.29) is 59.6 Å². The Kier molecular flexibility index (Phi) is 16.4. The van der Waals surface area contributed by atoms with Crippen LogP contribution in [0.25, 0.3) is 121 Å². The van der Waals surface area contributed by atoms with Gasteiger partial charge in [0.25, 0.3) is 6.71 Å². The Morgan fingerprint density at radius 3 is 1.22 bits per heavy atom. The van der Waals surface area contributed by atoms with Crippen molar-refractivity contribution in [3.05, 3.63) is 402 Å². The van der Waals surface area contributed by atoms with Crippen molar-refractivity contribution in [3.63, 3.8) is 0 Å². The standard InChI is InChI=1S/C113H96BN5/c1-111(2,3)84-50-56-104-94(65-84)95-66-85(112(4,5)6)51-57-105(95)119(104)88-52-55-99-107(70-88)116(71-76-59-82(78-33-17-11-18-34-78)64-83(60-76)79-35-19-12-20-36-79)108-62-77(72-115-100-44-28-25-43-91(100)96-69-87(53-58-101(96)115)118-102-45-29-26-41-89(102)90-42-27-30-46-103(90)118)63-109-110(108)114(99)98-54-49-75(48-47-74-31-15-10-16-32-74)61-106(98)117(109)73-97-92(80-37-21-13-22-38-80)67-86(113(7,8)9)68-93(97)81-39-23-14-24-40-81/h10-46,49-70H,47-48,71-73H2,1-9H3/i10D,15D,16D,31D,32D. The highest BCUT2D eigenvalue weighted by molar-refractivity contribution is 7.00. The van der Waals surface area contributed by atoms with Gasteiger partial charge in [0.05, 0.1) is 28.9 Å². The van der Waals surface area contributed by atoms with Gasteiger partial charge < -0.3 is 23.5 Å². The third-order valence-electron chi connectivity index (χ3n) is 25.4. The molecule has 0 unspecified atom stereocenters. The first-order chi connectivity index (χ1) is 59.9. The van der Waals surface area contributed by atoms with E-state index in [2.05, 4.69) is 413 Å². The summed E-state index contributed by atoms with van der Waals surface area (Å²) in [4.78, 5) is 5.33. The van der Waals surface area contributed by atoms with Crippen molar-refractivity contribution in [1.29, 1.82) is 0 Å². The molecule has 2 aliphatic heterocycles. The van der Waals surface area contributed by atoms with Crippen LogP contribution in [0, 0.1) is 0 Å². The summed E-state index contributed by atoms with van der Waals surface area (Å²) in [5.41, 5.74) is 34.3. The molecule has 5 nitrogen and oxygen atoms in total. The number of hydrogen-bond donors (Lipinski definition) is 0. The predicted octanol–water partition coefficient (Wildman–Crippen LogP) is 27.2. The molecule has 0 aliphatic carbocycles. The Hall–Kier alpha value is -13.4. The number of fused-ring (bicyclic) bond motifs is 13. The van der Waals surface area contributed by atoms with Crippen LogP contribution in [0.2, 0.25) is 0 Å². The molecular weight excluding hydrogens is 1440 g/mol. The molecule has 0 saturated carbocycles. The van der Waals surface area contributed by atoms with E-state index in [9.17, 15) is 2.74 Å². The fourth-order valence-electron chi connectivity index (χ4n) is 19.3. The molecule has 21 rings (SSSR count). The van der Waals surface area contributed by atoms with Crippen LogP contribution in [0.3, 0.4) is 0 Å². The van der Waals surface area contributed by atoms with Crippen molar-refractivity contribution in [3.8, 4) is 55.9 Å². The van der Waals surface area contributed by atoms with Crippen molar-refractivity contribution in [1.82, 2.24) is 13.7 Å². The highest BCUT2D eigenvalue weighted by Gasteiger charge is 2.44. The Bertz CT molecular complexity index is 7260. The monoisotopic (exact) mass is 1540 g/mol. The topological polar surface area (TPSA) is 21.3 Å². The van der Waals surface area contributed by atoms with Crippen LogP contribution >= 0.6 is 0 Å². The van der Waals surface area contributed by atoms with Gasteiger partial charge in [-0.1, -0.05) is 311 Å². The Balaban J connectivity index is 0.860. The van der Waals surface area contributed by atoms with Gasteiger partial charge in [-0.15, -0.1) is 0 Å². The fraction of sp³-hybridized carbons (Fsp3) is 0.150. The fourth-order valence-corrected chi connectivity index (χ4v) is 19.3. The van der Waals surface area contributed by atoms with E-state index in [1.54, 1.807) is 0 Å². The van der Waals surface area contributed by atoms with E-state index in [0.29, 0.717) is 31.6 Å². The maximum Gasteiger partial charge on any atom is 0.252 e. The van der Waals surface area contributed by atoms with Crippen LogP contribution in [0.4, 0.5) is 22.7 Å². The molecule has 0 spiro atoms. The van der Waals surface area contributed by atoms with Gasteiger partial charge in [-0.2, -0.15) is 0 Å². The zero-order valence-corrected chi connectivity index (χ0v) is 69.0. The van der Waals surface area contributed by atoms with Gasteiger partial charge in [0.1, 0.15) is 0 Å². The lowest BCUT2D eigenvalue weighted by Gasteiger charge is -2.45. The van der Waals surface area contributed by atoms with E-state index in [1.807, 2.05) is 0 Å². The van der Waals surface area contributed by atoms with E-state index >= 15 is 0 Å². The molecule has 0 amide bonds. The summed E-state index contributed by atoms with van der Waals surface area (Å²) in [7, 11) is 0. The molecule has 119 heavy (non-hydrogen) atoms. The second-order valence-corrected chi connectivity index (χ2v) is 36.0. The predicted molar refractivity (Wildman–Crippen MR) is 507 cm³/mol. The molecule has 19 aromatic rings. The smallest absolute Gasteiger partial charge is 0.252 e. The van der Waals surface area contributed by atoms with Crippen LogP contribution < -0.4 is 26.2 Å². The summed E-state index contributed by atoms with van der Waals surface area (Å²) in [5.74, 6) is 0. The van der Waals surface area contributed by atoms with Crippen molar-refractivity contribution in [2.45, 2.75) is 111 Å². The third-order valence-corrected chi connectivity index (χ3v) is 25.4. The Morgan fingerprint density at radius 1 is 0.277 bits per heavy atom. The molecule has 0 N–H and O–H groups in total. The molecule has 0 saturated heterocycles. The first kappa shape index (κ1) is 67.7. The Labute approximate surface area is 706 Å². The highest BCUT2D eigenvalue weighted by Crippen LogP contribution is 2.48. The van der Waals surface area contributed by atoms with Crippen LogP contribution in [0.5, 0.6) is 0 Å². The van der Waals surface area contributed by atoms with Crippen molar-refractivity contribution >= 4 is 111 Å². The summed E-state index contributed by atoms with van der Waals surface area (Å²) in [6.45, 7) is 22.0. The Morgan fingerprint density at radius 2 is 0.681 bits per heavy atom. The summed E-state index contributed by atoms with van der Waals surface area (Å²) in [5, 5.41) is 7.25. The first-order valence-electron chi connectivity index (χ1n) is 44.6. The third kappa shape index (κ3) is 12.9. The molecule has 16 aromatic carbocycles. The lowest BCUT2D eigenvalue weighted by molar-refractivity contribution is 0.590. The molecule has 0 bridgehead atoms. The quantitative estimate of drug-likeness (QED) is 0.0954. The summed E-state index contributed by atoms with van der Waals surface area (Å²) in [6.07, 6.45) is 0.658. The number of anilines is 4. The molecule has 6 heteroatoms. The molecule has 0 atom stereocenters. The zero-order valence-electron chi connectivity index (χ0n) is 74.0. The van der Waals surface area contributed by atoms with Gasteiger partial charge >= 0.3 is 0 Å². The van der Waals surface area contributed by atoms with Crippen LogP contribution in [0.1, 0.15) is 114 Å². The molecule has 3 aromatic heterocycles. The second kappa shape index (κ2) is 28.7. The van der Waals surface area contributed by atoms with Crippen LogP contribution in [0.15, 0.2) is 358 Å². The molecule has 0 radical (unpaired) electrons. The maximum atomic E-state index is 9.24. The number of aromatic nitrogens is 3. The van der Waals surface area contributed by atoms with E-state index in [4.69, 9.17) is 4.11 Å². The normalized spacial score (nSPS) is 13.5. The summed E-state index contributed by atoms with van der Waals surface area (Å²) in [6, 6.07) is 122. The second-order valence-electron chi connectivity index (χ2n) is 36.0. The molecule has 2 aliphatic rings. The minimum atomic E-state index is -0.390. The van der Waals surface area contributed by atoms with Gasteiger partial charge in [-0.25, -0.2) is 0 Å². The summed E-state index contributed by atoms with van der Waals surface area (Å²) >= 11 is 0. The van der Waals surface area contributed by atoms with Crippen LogP contribution in [-0.2, 0) is 48.7 Å². The minimum absolute atomic E-state index is 0.0957. The number of hydrogen-bond acceptors (Lipinski definition) is 2. The lowest BCUT2D eigenvalue weighted by Crippen LogP contribution is -2.62. The van der Waals surface area contributed by atoms with Crippen molar-refractivity contribution in [2.24, 2.45) is 0 Å². The number of aryl methyl sites for hydroxylation is 1.